The van der Waals surface area contributed by atoms with E-state index in [4.69, 9.17) is 4.74 Å². The second-order valence-corrected chi connectivity index (χ2v) is 6.77. The highest BCUT2D eigenvalue weighted by atomic mass is 16.5. The molecule has 7 heteroatoms. The molecular formula is C21H23N5O2. The topological polar surface area (TPSA) is 80.2 Å². The molecule has 7 nitrogen and oxygen atoms in total. The van der Waals surface area contributed by atoms with Crippen molar-refractivity contribution in [3.63, 3.8) is 0 Å². The molecule has 1 fully saturated rings. The standard InChI is InChI=1S/C21H23N5O2/c1-2-28-19-6-4-3-5-17(19)25-21(27)15-7-11-26(12-8-15)16-13-18-20(24-14-16)23-10-9-22-18/h3-6,9-10,13-15H,2,7-8,11-12H2,1H3,(H,25,27). The van der Waals surface area contributed by atoms with Crippen LogP contribution in [0, 0.1) is 5.92 Å². The summed E-state index contributed by atoms with van der Waals surface area (Å²) in [5.41, 5.74) is 3.18. The molecule has 1 aliphatic rings. The van der Waals surface area contributed by atoms with Gasteiger partial charge in [0.25, 0.3) is 0 Å². The highest BCUT2D eigenvalue weighted by Crippen LogP contribution is 2.28. The number of hydrogen-bond donors (Lipinski definition) is 1. The maximum absolute atomic E-state index is 12.7. The summed E-state index contributed by atoms with van der Waals surface area (Å²) in [7, 11) is 0. The molecule has 4 rings (SSSR count). The first-order chi connectivity index (χ1) is 13.7. The monoisotopic (exact) mass is 377 g/mol. The highest BCUT2D eigenvalue weighted by Gasteiger charge is 2.26. The molecule has 0 saturated carbocycles. The maximum atomic E-state index is 12.7. The molecule has 2 aromatic heterocycles. The zero-order valence-corrected chi connectivity index (χ0v) is 15.8. The van der Waals surface area contributed by atoms with Crippen molar-refractivity contribution in [3.05, 3.63) is 48.9 Å². The minimum absolute atomic E-state index is 0.0147. The zero-order valence-electron chi connectivity index (χ0n) is 15.8. The summed E-state index contributed by atoms with van der Waals surface area (Å²) in [5.74, 6) is 0.743. The summed E-state index contributed by atoms with van der Waals surface area (Å²) in [6.07, 6.45) is 6.73. The number of carbonyl (C=O) groups excluding carboxylic acids is 1. The fraction of sp³-hybridized carbons (Fsp3) is 0.333. The summed E-state index contributed by atoms with van der Waals surface area (Å²) in [4.78, 5) is 27.9. The van der Waals surface area contributed by atoms with Crippen LogP contribution >= 0.6 is 0 Å². The van der Waals surface area contributed by atoms with Gasteiger partial charge in [0.05, 0.1) is 24.2 Å². The van der Waals surface area contributed by atoms with E-state index in [0.717, 1.165) is 42.8 Å². The second kappa shape index (κ2) is 8.21. The number of anilines is 2. The number of carbonyl (C=O) groups is 1. The second-order valence-electron chi connectivity index (χ2n) is 6.77. The molecule has 144 valence electrons. The first-order valence-corrected chi connectivity index (χ1v) is 9.59. The average Bonchev–Trinajstić information content (AvgIpc) is 2.75. The van der Waals surface area contributed by atoms with E-state index in [2.05, 4.69) is 25.2 Å². The smallest absolute Gasteiger partial charge is 0.227 e. The maximum Gasteiger partial charge on any atom is 0.227 e. The molecule has 28 heavy (non-hydrogen) atoms. The average molecular weight is 377 g/mol. The minimum atomic E-state index is -0.0147. The predicted molar refractivity (Wildman–Crippen MR) is 109 cm³/mol. The Morgan fingerprint density at radius 1 is 1.18 bits per heavy atom. The summed E-state index contributed by atoms with van der Waals surface area (Å²) < 4.78 is 5.59. The highest BCUT2D eigenvalue weighted by molar-refractivity contribution is 5.94. The number of rotatable bonds is 5. The Morgan fingerprint density at radius 2 is 1.96 bits per heavy atom. The van der Waals surface area contributed by atoms with Crippen LogP contribution in [0.15, 0.2) is 48.9 Å². The van der Waals surface area contributed by atoms with Crippen LogP contribution in [0.4, 0.5) is 11.4 Å². The third-order valence-corrected chi connectivity index (χ3v) is 4.99. The van der Waals surface area contributed by atoms with Crippen LogP contribution in [0.25, 0.3) is 11.2 Å². The van der Waals surface area contributed by atoms with Gasteiger partial charge in [-0.25, -0.2) is 9.97 Å². The lowest BCUT2D eigenvalue weighted by atomic mass is 9.95. The lowest BCUT2D eigenvalue weighted by Gasteiger charge is -2.32. The Balaban J connectivity index is 1.39. The molecule has 1 aliphatic heterocycles. The van der Waals surface area contributed by atoms with Gasteiger partial charge in [-0.15, -0.1) is 0 Å². The van der Waals surface area contributed by atoms with E-state index >= 15 is 0 Å². The fourth-order valence-electron chi connectivity index (χ4n) is 3.51. The number of piperidine rings is 1. The van der Waals surface area contributed by atoms with Crippen LogP contribution in [-0.4, -0.2) is 40.6 Å². The number of para-hydroxylation sites is 2. The Hall–Kier alpha value is -3.22. The number of pyridine rings is 1. The fourth-order valence-corrected chi connectivity index (χ4v) is 3.51. The molecular weight excluding hydrogens is 354 g/mol. The van der Waals surface area contributed by atoms with Gasteiger partial charge < -0.3 is 15.0 Å². The van der Waals surface area contributed by atoms with Crippen molar-refractivity contribution < 1.29 is 9.53 Å². The first kappa shape index (κ1) is 18.2. The quantitative estimate of drug-likeness (QED) is 0.735. The molecule has 3 aromatic rings. The van der Waals surface area contributed by atoms with Gasteiger partial charge >= 0.3 is 0 Å². The number of amides is 1. The molecule has 1 aromatic carbocycles. The Labute approximate surface area is 163 Å². The lowest BCUT2D eigenvalue weighted by Crippen LogP contribution is -2.38. The number of hydrogen-bond acceptors (Lipinski definition) is 6. The van der Waals surface area contributed by atoms with E-state index < -0.39 is 0 Å². The van der Waals surface area contributed by atoms with Gasteiger partial charge in [-0.1, -0.05) is 12.1 Å². The van der Waals surface area contributed by atoms with Crippen LogP contribution in [0.3, 0.4) is 0 Å². The van der Waals surface area contributed by atoms with Crippen molar-refractivity contribution in [2.45, 2.75) is 19.8 Å². The third kappa shape index (κ3) is 3.88. The number of benzene rings is 1. The summed E-state index contributed by atoms with van der Waals surface area (Å²) in [6, 6.07) is 9.56. The van der Waals surface area contributed by atoms with Crippen molar-refractivity contribution in [2.24, 2.45) is 5.92 Å². The Kier molecular flexibility index (Phi) is 5.32. The molecule has 1 saturated heterocycles. The van der Waals surface area contributed by atoms with E-state index in [-0.39, 0.29) is 11.8 Å². The van der Waals surface area contributed by atoms with Crippen molar-refractivity contribution in [2.75, 3.05) is 29.9 Å². The van der Waals surface area contributed by atoms with Crippen LogP contribution in [-0.2, 0) is 4.79 Å². The molecule has 3 heterocycles. The zero-order chi connectivity index (χ0) is 19.3. The molecule has 0 bridgehead atoms. The van der Waals surface area contributed by atoms with E-state index in [1.807, 2.05) is 43.5 Å². The number of nitrogens with zero attached hydrogens (tertiary/aromatic N) is 4. The summed E-state index contributed by atoms with van der Waals surface area (Å²) in [5, 5.41) is 3.03. The lowest BCUT2D eigenvalue weighted by molar-refractivity contribution is -0.120. The largest absolute Gasteiger partial charge is 0.492 e. The molecule has 0 radical (unpaired) electrons. The number of ether oxygens (including phenoxy) is 1. The molecule has 0 spiro atoms. The van der Waals surface area contributed by atoms with Crippen LogP contribution < -0.4 is 15.0 Å². The summed E-state index contributed by atoms with van der Waals surface area (Å²) in [6.45, 7) is 4.11. The van der Waals surface area contributed by atoms with E-state index in [1.54, 1.807) is 12.4 Å². The van der Waals surface area contributed by atoms with Crippen molar-refractivity contribution in [1.29, 1.82) is 0 Å². The minimum Gasteiger partial charge on any atom is -0.492 e. The molecule has 1 amide bonds. The van der Waals surface area contributed by atoms with E-state index in [0.29, 0.717) is 18.0 Å². The van der Waals surface area contributed by atoms with Gasteiger partial charge in [-0.3, -0.25) is 9.78 Å². The predicted octanol–water partition coefficient (Wildman–Crippen LogP) is 3.28. The normalized spacial score (nSPS) is 14.8. The van der Waals surface area contributed by atoms with Crippen LogP contribution in [0.2, 0.25) is 0 Å². The van der Waals surface area contributed by atoms with Gasteiger partial charge in [0, 0.05) is 31.4 Å². The Morgan fingerprint density at radius 3 is 2.79 bits per heavy atom. The molecule has 0 unspecified atom stereocenters. The van der Waals surface area contributed by atoms with E-state index in [9.17, 15) is 4.79 Å². The molecule has 1 N–H and O–H groups in total. The van der Waals surface area contributed by atoms with Crippen molar-refractivity contribution in [1.82, 2.24) is 15.0 Å². The third-order valence-electron chi connectivity index (χ3n) is 4.99. The number of aromatic nitrogens is 3. The van der Waals surface area contributed by atoms with Gasteiger partial charge in [0.1, 0.15) is 11.3 Å². The van der Waals surface area contributed by atoms with Crippen LogP contribution in [0.1, 0.15) is 19.8 Å². The number of nitrogens with one attached hydrogen (secondary N) is 1. The van der Waals surface area contributed by atoms with Gasteiger partial charge in [0.2, 0.25) is 5.91 Å². The SMILES string of the molecule is CCOc1ccccc1NC(=O)C1CCN(c2cnc3nccnc3c2)CC1. The van der Waals surface area contributed by atoms with Crippen LogP contribution in [0.5, 0.6) is 5.75 Å². The molecule has 0 aliphatic carbocycles. The van der Waals surface area contributed by atoms with Gasteiger partial charge in [-0.05, 0) is 38.0 Å². The van der Waals surface area contributed by atoms with Gasteiger partial charge in [-0.2, -0.15) is 0 Å². The van der Waals surface area contributed by atoms with Crippen molar-refractivity contribution in [3.8, 4) is 5.75 Å². The first-order valence-electron chi connectivity index (χ1n) is 9.59. The van der Waals surface area contributed by atoms with Crippen molar-refractivity contribution >= 4 is 28.4 Å². The molecule has 0 atom stereocenters. The Bertz CT molecular complexity index is 970. The van der Waals surface area contributed by atoms with E-state index in [1.165, 1.54) is 0 Å². The van der Waals surface area contributed by atoms with Gasteiger partial charge in [0.15, 0.2) is 5.65 Å². The number of fused-ring (bicyclic) bond motifs is 1. The summed E-state index contributed by atoms with van der Waals surface area (Å²) >= 11 is 0.